The summed E-state index contributed by atoms with van der Waals surface area (Å²) in [6.07, 6.45) is 6.23. The number of rotatable bonds is 1. The third-order valence-electron chi connectivity index (χ3n) is 3.99. The summed E-state index contributed by atoms with van der Waals surface area (Å²) in [6, 6.07) is 0. The largest absolute Gasteiger partial charge is 0.118 e. The van der Waals surface area contributed by atoms with Crippen molar-refractivity contribution in [3.8, 4) is 0 Å². The van der Waals surface area contributed by atoms with Crippen LogP contribution >= 0.6 is 11.6 Å². The Labute approximate surface area is 66.3 Å². The Morgan fingerprint density at radius 2 is 2.00 bits per heavy atom. The molecule has 0 nitrogen and oxygen atoms in total. The van der Waals surface area contributed by atoms with E-state index in [1.165, 1.54) is 19.3 Å². The van der Waals surface area contributed by atoms with Crippen LogP contribution in [0, 0.1) is 17.3 Å². The Hall–Kier alpha value is 0.0300. The van der Waals surface area contributed by atoms with Gasteiger partial charge >= 0.3 is 0 Å². The second kappa shape index (κ2) is 1.20. The molecule has 3 rings (SSSR count). The minimum atomic E-state index is 0.229. The first-order valence-electron chi connectivity index (χ1n) is 4.11. The van der Waals surface area contributed by atoms with Crippen molar-refractivity contribution in [1.29, 1.82) is 0 Å². The van der Waals surface area contributed by atoms with Crippen LogP contribution in [0.4, 0.5) is 0 Å². The maximum atomic E-state index is 6.37. The van der Waals surface area contributed by atoms with E-state index in [1.807, 2.05) is 0 Å². The van der Waals surface area contributed by atoms with Gasteiger partial charge in [-0.05, 0) is 24.7 Å². The quantitative estimate of drug-likeness (QED) is 0.402. The van der Waals surface area contributed by atoms with Crippen LogP contribution in [0.15, 0.2) is 12.7 Å². The van der Waals surface area contributed by atoms with Gasteiger partial charge in [0.1, 0.15) is 0 Å². The summed E-state index contributed by atoms with van der Waals surface area (Å²) >= 11 is 6.37. The van der Waals surface area contributed by atoms with Gasteiger partial charge in [-0.2, -0.15) is 0 Å². The van der Waals surface area contributed by atoms with E-state index in [0.717, 1.165) is 11.8 Å². The number of halogens is 1. The van der Waals surface area contributed by atoms with E-state index in [4.69, 9.17) is 11.6 Å². The molecule has 0 aromatic rings. The summed E-state index contributed by atoms with van der Waals surface area (Å²) in [5, 5.41) is 0. The maximum absolute atomic E-state index is 6.37. The number of alkyl halides is 1. The van der Waals surface area contributed by atoms with Gasteiger partial charge in [-0.1, -0.05) is 12.5 Å². The van der Waals surface area contributed by atoms with Crippen molar-refractivity contribution < 1.29 is 0 Å². The molecule has 0 bridgehead atoms. The average molecular weight is 155 g/mol. The summed E-state index contributed by atoms with van der Waals surface area (Å²) < 4.78 is 0. The molecule has 10 heavy (non-hydrogen) atoms. The Morgan fingerprint density at radius 3 is 2.30 bits per heavy atom. The molecule has 3 fully saturated rings. The molecule has 0 aliphatic heterocycles. The standard InChI is InChI=1S/C9H11Cl/c1-2-8-6-4-3-5-7(8)9(6,8)10/h2,6-7H,1,3-5H2/t6-,7+,8?,9?. The number of fused-ring (bicyclic) bond motifs is 2. The van der Waals surface area contributed by atoms with Gasteiger partial charge in [-0.15, -0.1) is 18.2 Å². The molecule has 0 spiro atoms. The zero-order chi connectivity index (χ0) is 6.98. The van der Waals surface area contributed by atoms with Crippen molar-refractivity contribution in [3.05, 3.63) is 12.7 Å². The third kappa shape index (κ3) is 0.274. The van der Waals surface area contributed by atoms with Crippen LogP contribution in [-0.4, -0.2) is 4.87 Å². The Bertz CT molecular complexity index is 207. The highest BCUT2D eigenvalue weighted by molar-refractivity contribution is 6.31. The van der Waals surface area contributed by atoms with Crippen LogP contribution in [0.25, 0.3) is 0 Å². The molecule has 0 N–H and O–H groups in total. The average Bonchev–Trinajstić information content (AvgIpc) is 2.75. The van der Waals surface area contributed by atoms with Crippen molar-refractivity contribution in [1.82, 2.24) is 0 Å². The second-order valence-corrected chi connectivity index (χ2v) is 4.57. The first-order chi connectivity index (χ1) is 4.78. The summed E-state index contributed by atoms with van der Waals surface area (Å²) in [6.45, 7) is 3.88. The minimum Gasteiger partial charge on any atom is -0.118 e. The van der Waals surface area contributed by atoms with Crippen molar-refractivity contribution in [2.75, 3.05) is 0 Å². The fourth-order valence-electron chi connectivity index (χ4n) is 3.43. The summed E-state index contributed by atoms with van der Waals surface area (Å²) in [5.41, 5.74) is 0.437. The van der Waals surface area contributed by atoms with Gasteiger partial charge in [0.25, 0.3) is 0 Å². The van der Waals surface area contributed by atoms with Crippen LogP contribution in [0.1, 0.15) is 19.3 Å². The summed E-state index contributed by atoms with van der Waals surface area (Å²) in [5.74, 6) is 1.64. The van der Waals surface area contributed by atoms with Crippen molar-refractivity contribution in [2.45, 2.75) is 24.1 Å². The number of hydrogen-bond donors (Lipinski definition) is 0. The zero-order valence-corrected chi connectivity index (χ0v) is 6.69. The van der Waals surface area contributed by atoms with E-state index < -0.39 is 0 Å². The van der Waals surface area contributed by atoms with Crippen LogP contribution < -0.4 is 0 Å². The lowest BCUT2D eigenvalue weighted by Crippen LogP contribution is -2.18. The van der Waals surface area contributed by atoms with Crippen LogP contribution in [-0.2, 0) is 0 Å². The molecule has 0 saturated heterocycles. The predicted octanol–water partition coefficient (Wildman–Crippen LogP) is 2.58. The van der Waals surface area contributed by atoms with Crippen LogP contribution in [0.2, 0.25) is 0 Å². The van der Waals surface area contributed by atoms with Crippen molar-refractivity contribution in [2.24, 2.45) is 17.3 Å². The number of hydrogen-bond acceptors (Lipinski definition) is 0. The molecular weight excluding hydrogens is 144 g/mol. The fraction of sp³-hybridized carbons (Fsp3) is 0.778. The molecule has 0 heterocycles. The van der Waals surface area contributed by atoms with Gasteiger partial charge in [-0.3, -0.25) is 0 Å². The highest BCUT2D eigenvalue weighted by atomic mass is 35.5. The molecule has 3 saturated carbocycles. The molecule has 1 heteroatoms. The predicted molar refractivity (Wildman–Crippen MR) is 42.0 cm³/mol. The lowest BCUT2D eigenvalue weighted by atomic mass is 9.82. The lowest BCUT2D eigenvalue weighted by molar-refractivity contribution is 0.309. The van der Waals surface area contributed by atoms with Crippen molar-refractivity contribution >= 4 is 11.6 Å². The highest BCUT2D eigenvalue weighted by Gasteiger charge is 2.96. The topological polar surface area (TPSA) is 0 Å². The van der Waals surface area contributed by atoms with Crippen LogP contribution in [0.3, 0.4) is 0 Å². The van der Waals surface area contributed by atoms with Crippen molar-refractivity contribution in [3.63, 3.8) is 0 Å². The second-order valence-electron chi connectivity index (χ2n) is 3.94. The number of allylic oxidation sites excluding steroid dienone is 1. The Morgan fingerprint density at radius 1 is 1.40 bits per heavy atom. The van der Waals surface area contributed by atoms with E-state index in [0.29, 0.717) is 5.41 Å². The first-order valence-corrected chi connectivity index (χ1v) is 4.49. The van der Waals surface area contributed by atoms with Gasteiger partial charge in [-0.25, -0.2) is 0 Å². The molecule has 3 aliphatic rings. The van der Waals surface area contributed by atoms with Gasteiger partial charge in [0.2, 0.25) is 0 Å². The molecule has 4 atom stereocenters. The van der Waals surface area contributed by atoms with Gasteiger partial charge in [0.15, 0.2) is 0 Å². The Balaban J connectivity index is 2.02. The molecule has 3 aliphatic carbocycles. The fourth-order valence-corrected chi connectivity index (χ4v) is 4.24. The van der Waals surface area contributed by atoms with E-state index in [2.05, 4.69) is 12.7 Å². The first kappa shape index (κ1) is 5.65. The zero-order valence-electron chi connectivity index (χ0n) is 5.94. The van der Waals surface area contributed by atoms with E-state index in [9.17, 15) is 0 Å². The van der Waals surface area contributed by atoms with E-state index in [-0.39, 0.29) is 4.87 Å². The van der Waals surface area contributed by atoms with E-state index in [1.54, 1.807) is 0 Å². The molecular formula is C9H11Cl. The van der Waals surface area contributed by atoms with Gasteiger partial charge in [0, 0.05) is 5.41 Å². The smallest absolute Gasteiger partial charge is 0.0617 e. The maximum Gasteiger partial charge on any atom is 0.0617 e. The molecule has 0 amide bonds. The monoisotopic (exact) mass is 154 g/mol. The van der Waals surface area contributed by atoms with Crippen LogP contribution in [0.5, 0.6) is 0 Å². The van der Waals surface area contributed by atoms with Gasteiger partial charge in [0.05, 0.1) is 4.87 Å². The third-order valence-corrected chi connectivity index (χ3v) is 4.84. The van der Waals surface area contributed by atoms with Gasteiger partial charge < -0.3 is 0 Å². The SMILES string of the molecule is C=CC12[C@@H]3CCC[C@H]1C32Cl. The normalized spacial score (nSPS) is 68.5. The molecule has 0 radical (unpaired) electrons. The Kier molecular flexibility index (Phi) is 0.678. The summed E-state index contributed by atoms with van der Waals surface area (Å²) in [7, 11) is 0. The molecule has 54 valence electrons. The molecule has 0 aromatic carbocycles. The lowest BCUT2D eigenvalue weighted by Gasteiger charge is -2.24. The molecule has 0 aromatic heterocycles. The minimum absolute atomic E-state index is 0.229. The molecule has 2 unspecified atom stereocenters. The highest BCUT2D eigenvalue weighted by Crippen LogP contribution is 2.94. The summed E-state index contributed by atoms with van der Waals surface area (Å²) in [4.78, 5) is 0.229. The van der Waals surface area contributed by atoms with E-state index >= 15 is 0 Å².